The van der Waals surface area contributed by atoms with Crippen LogP contribution in [0.1, 0.15) is 26.4 Å². The lowest BCUT2D eigenvalue weighted by molar-refractivity contribution is 0.0690. The summed E-state index contributed by atoms with van der Waals surface area (Å²) >= 11 is 3.33. The molecule has 102 valence electrons. The number of nitrogens with zero attached hydrogens (tertiary/aromatic N) is 1. The molecule has 0 unspecified atom stereocenters. The first-order chi connectivity index (χ1) is 9.45. The molecule has 0 atom stereocenters. The van der Waals surface area contributed by atoms with Gasteiger partial charge in [-0.15, -0.1) is 0 Å². The Morgan fingerprint density at radius 1 is 1.25 bits per heavy atom. The van der Waals surface area contributed by atoms with E-state index in [4.69, 9.17) is 5.11 Å². The first-order valence-corrected chi connectivity index (χ1v) is 6.53. The smallest absolute Gasteiger partial charge is 0.354 e. The number of anilines is 1. The minimum atomic E-state index is -1.11. The van der Waals surface area contributed by atoms with Crippen LogP contribution in [-0.2, 0) is 0 Å². The molecule has 0 aliphatic rings. The highest BCUT2D eigenvalue weighted by atomic mass is 79.9. The van der Waals surface area contributed by atoms with Gasteiger partial charge in [-0.2, -0.15) is 0 Å². The second-order valence-electron chi connectivity index (χ2n) is 4.21. The minimum absolute atomic E-state index is 0.0682. The lowest BCUT2D eigenvalue weighted by Crippen LogP contribution is -2.12. The Labute approximate surface area is 123 Å². The molecule has 1 aromatic heterocycles. The summed E-state index contributed by atoms with van der Waals surface area (Å²) in [5.74, 6) is -1.38. The SMILES string of the molecule is Cc1cc(Br)cc(C(=O)Nc2ccc(C(=O)O)nc2)c1. The number of hydrogen-bond donors (Lipinski definition) is 2. The van der Waals surface area contributed by atoms with Crippen LogP contribution < -0.4 is 5.32 Å². The molecule has 0 radical (unpaired) electrons. The Kier molecular flexibility index (Phi) is 4.14. The van der Waals surface area contributed by atoms with E-state index in [1.165, 1.54) is 18.3 Å². The van der Waals surface area contributed by atoms with Crippen molar-refractivity contribution in [1.29, 1.82) is 0 Å². The first-order valence-electron chi connectivity index (χ1n) is 5.73. The lowest BCUT2D eigenvalue weighted by atomic mass is 10.1. The Morgan fingerprint density at radius 3 is 2.55 bits per heavy atom. The van der Waals surface area contributed by atoms with Crippen LogP contribution in [0.3, 0.4) is 0 Å². The number of carboxylic acid groups (broad SMARTS) is 1. The largest absolute Gasteiger partial charge is 0.477 e. The fraction of sp³-hybridized carbons (Fsp3) is 0.0714. The van der Waals surface area contributed by atoms with E-state index < -0.39 is 5.97 Å². The van der Waals surface area contributed by atoms with Crippen molar-refractivity contribution in [2.75, 3.05) is 5.32 Å². The monoisotopic (exact) mass is 334 g/mol. The fourth-order valence-corrected chi connectivity index (χ4v) is 2.27. The van der Waals surface area contributed by atoms with Crippen molar-refractivity contribution < 1.29 is 14.7 Å². The van der Waals surface area contributed by atoms with Gasteiger partial charge >= 0.3 is 5.97 Å². The van der Waals surface area contributed by atoms with E-state index in [-0.39, 0.29) is 11.6 Å². The zero-order chi connectivity index (χ0) is 14.7. The van der Waals surface area contributed by atoms with E-state index in [9.17, 15) is 9.59 Å². The van der Waals surface area contributed by atoms with Gasteiger partial charge in [0, 0.05) is 10.0 Å². The van der Waals surface area contributed by atoms with Gasteiger partial charge < -0.3 is 10.4 Å². The number of nitrogens with one attached hydrogen (secondary N) is 1. The number of aromatic carboxylic acids is 1. The van der Waals surface area contributed by atoms with Gasteiger partial charge in [-0.3, -0.25) is 4.79 Å². The molecule has 20 heavy (non-hydrogen) atoms. The van der Waals surface area contributed by atoms with Gasteiger partial charge in [0.25, 0.3) is 5.91 Å². The van der Waals surface area contributed by atoms with E-state index in [2.05, 4.69) is 26.2 Å². The Hall–Kier alpha value is -2.21. The van der Waals surface area contributed by atoms with Gasteiger partial charge in [0.05, 0.1) is 11.9 Å². The number of carbonyl (C=O) groups is 2. The van der Waals surface area contributed by atoms with Gasteiger partial charge in [0.15, 0.2) is 0 Å². The number of carboxylic acids is 1. The molecule has 1 aromatic carbocycles. The van der Waals surface area contributed by atoms with Gasteiger partial charge in [-0.25, -0.2) is 9.78 Å². The third-order valence-electron chi connectivity index (χ3n) is 2.54. The third kappa shape index (κ3) is 3.42. The number of hydrogen-bond acceptors (Lipinski definition) is 3. The van der Waals surface area contributed by atoms with Crippen molar-refractivity contribution in [2.24, 2.45) is 0 Å². The topological polar surface area (TPSA) is 79.3 Å². The van der Waals surface area contributed by atoms with Crippen LogP contribution in [0.25, 0.3) is 0 Å². The van der Waals surface area contributed by atoms with E-state index in [1.807, 2.05) is 13.0 Å². The van der Waals surface area contributed by atoms with Crippen molar-refractivity contribution in [1.82, 2.24) is 4.98 Å². The van der Waals surface area contributed by atoms with Gasteiger partial charge in [-0.1, -0.05) is 15.9 Å². The number of halogens is 1. The maximum Gasteiger partial charge on any atom is 0.354 e. The number of amides is 1. The van der Waals surface area contributed by atoms with E-state index in [1.54, 1.807) is 12.1 Å². The molecule has 5 nitrogen and oxygen atoms in total. The molecule has 1 amide bonds. The van der Waals surface area contributed by atoms with E-state index >= 15 is 0 Å². The van der Waals surface area contributed by atoms with Crippen molar-refractivity contribution in [3.05, 3.63) is 57.8 Å². The van der Waals surface area contributed by atoms with Crippen LogP contribution in [-0.4, -0.2) is 22.0 Å². The summed E-state index contributed by atoms with van der Waals surface area (Å²) < 4.78 is 0.821. The summed E-state index contributed by atoms with van der Waals surface area (Å²) in [6.45, 7) is 1.89. The Morgan fingerprint density at radius 2 is 2.00 bits per heavy atom. The standard InChI is InChI=1S/C14H11BrN2O3/c1-8-4-9(6-10(15)5-8)13(18)17-11-2-3-12(14(19)20)16-7-11/h2-7H,1H3,(H,17,18)(H,19,20). The molecular formula is C14H11BrN2O3. The van der Waals surface area contributed by atoms with Crippen molar-refractivity contribution >= 4 is 33.5 Å². The molecule has 0 bridgehead atoms. The third-order valence-corrected chi connectivity index (χ3v) is 3.00. The van der Waals surface area contributed by atoms with Gasteiger partial charge in [0.1, 0.15) is 5.69 Å². The summed E-state index contributed by atoms with van der Waals surface area (Å²) in [7, 11) is 0. The zero-order valence-corrected chi connectivity index (χ0v) is 12.1. The normalized spacial score (nSPS) is 10.1. The van der Waals surface area contributed by atoms with Crippen LogP contribution in [0.2, 0.25) is 0 Å². The number of pyridine rings is 1. The number of carbonyl (C=O) groups excluding carboxylic acids is 1. The summed E-state index contributed by atoms with van der Waals surface area (Å²) in [5.41, 5.74) is 1.85. The Bertz CT molecular complexity index is 648. The molecule has 2 rings (SSSR count). The second kappa shape index (κ2) is 5.83. The second-order valence-corrected chi connectivity index (χ2v) is 5.12. The zero-order valence-electron chi connectivity index (χ0n) is 10.6. The van der Waals surface area contributed by atoms with E-state index in [0.29, 0.717) is 11.3 Å². The number of benzene rings is 1. The average molecular weight is 335 g/mol. The molecule has 0 aliphatic carbocycles. The Balaban J connectivity index is 2.16. The molecule has 2 aromatic rings. The first kappa shape index (κ1) is 14.2. The number of rotatable bonds is 3. The molecule has 2 N–H and O–H groups in total. The van der Waals surface area contributed by atoms with Gasteiger partial charge in [0.2, 0.25) is 0 Å². The van der Waals surface area contributed by atoms with Crippen LogP contribution in [0.4, 0.5) is 5.69 Å². The summed E-state index contributed by atoms with van der Waals surface area (Å²) in [4.78, 5) is 26.5. The highest BCUT2D eigenvalue weighted by Gasteiger charge is 2.09. The molecule has 1 heterocycles. The molecule has 0 aliphatic heterocycles. The quantitative estimate of drug-likeness (QED) is 0.903. The summed E-state index contributed by atoms with van der Waals surface area (Å²) in [5, 5.41) is 11.4. The number of aromatic nitrogens is 1. The molecule has 6 heteroatoms. The molecule has 0 spiro atoms. The van der Waals surface area contributed by atoms with Crippen LogP contribution in [0.5, 0.6) is 0 Å². The molecule has 0 fully saturated rings. The lowest BCUT2D eigenvalue weighted by Gasteiger charge is -2.06. The van der Waals surface area contributed by atoms with Crippen molar-refractivity contribution in [3.8, 4) is 0 Å². The highest BCUT2D eigenvalue weighted by Crippen LogP contribution is 2.16. The van der Waals surface area contributed by atoms with Crippen LogP contribution in [0, 0.1) is 6.92 Å². The average Bonchev–Trinajstić information content (AvgIpc) is 2.38. The molecular weight excluding hydrogens is 324 g/mol. The van der Waals surface area contributed by atoms with Crippen molar-refractivity contribution in [3.63, 3.8) is 0 Å². The molecule has 0 saturated carbocycles. The number of aryl methyl sites for hydroxylation is 1. The minimum Gasteiger partial charge on any atom is -0.477 e. The maximum absolute atomic E-state index is 12.1. The highest BCUT2D eigenvalue weighted by molar-refractivity contribution is 9.10. The summed E-state index contributed by atoms with van der Waals surface area (Å²) in [6, 6.07) is 8.21. The summed E-state index contributed by atoms with van der Waals surface area (Å²) in [6.07, 6.45) is 1.31. The van der Waals surface area contributed by atoms with Gasteiger partial charge in [-0.05, 0) is 42.8 Å². The fourth-order valence-electron chi connectivity index (χ4n) is 1.67. The van der Waals surface area contributed by atoms with Crippen LogP contribution in [0.15, 0.2) is 41.0 Å². The molecule has 0 saturated heterocycles. The van der Waals surface area contributed by atoms with Crippen LogP contribution >= 0.6 is 15.9 Å². The maximum atomic E-state index is 12.1. The predicted molar refractivity (Wildman–Crippen MR) is 78.0 cm³/mol. The van der Waals surface area contributed by atoms with Crippen molar-refractivity contribution in [2.45, 2.75) is 6.92 Å². The van der Waals surface area contributed by atoms with E-state index in [0.717, 1.165) is 10.0 Å². The predicted octanol–water partition coefficient (Wildman–Crippen LogP) is 3.10.